The number of nitrogens with zero attached hydrogens (tertiary/aromatic N) is 3. The third kappa shape index (κ3) is 7.78. The molecule has 0 radical (unpaired) electrons. The molecule has 0 aliphatic rings. The van der Waals surface area contributed by atoms with Crippen LogP contribution in [0.2, 0.25) is 0 Å². The third-order valence-electron chi connectivity index (χ3n) is 5.59. The number of hydrogen-bond acceptors (Lipinski definition) is 9. The lowest BCUT2D eigenvalue weighted by Crippen LogP contribution is -2.32. The van der Waals surface area contributed by atoms with Gasteiger partial charge in [0.1, 0.15) is 25.4 Å². The molecule has 0 aliphatic heterocycles. The van der Waals surface area contributed by atoms with Crippen LogP contribution >= 0.6 is 0 Å². The lowest BCUT2D eigenvalue weighted by molar-refractivity contribution is -0.135. The Morgan fingerprint density at radius 3 is 1.59 bits per heavy atom. The zero-order valence-electron chi connectivity index (χ0n) is 21.2. The fourth-order valence-electron chi connectivity index (χ4n) is 3.59. The summed E-state index contributed by atoms with van der Waals surface area (Å²) in [7, 11) is 1.13. The van der Waals surface area contributed by atoms with Crippen molar-refractivity contribution in [2.24, 2.45) is 0 Å². The molecule has 39 heavy (non-hydrogen) atoms. The van der Waals surface area contributed by atoms with Crippen LogP contribution in [0.3, 0.4) is 0 Å². The van der Waals surface area contributed by atoms with Crippen LogP contribution in [0.4, 0.5) is 5.69 Å². The predicted octanol–water partition coefficient (Wildman–Crippen LogP) is 4.18. The van der Waals surface area contributed by atoms with Gasteiger partial charge in [-0.15, -0.1) is 0 Å². The molecule has 0 saturated heterocycles. The molecule has 9 heteroatoms. The molecule has 0 aromatic heterocycles. The molecule has 0 fully saturated rings. The molecule has 0 spiro atoms. The van der Waals surface area contributed by atoms with Gasteiger partial charge in [-0.25, -0.2) is 14.4 Å². The fourth-order valence-corrected chi connectivity index (χ4v) is 3.59. The molecular weight excluding hydrogens is 498 g/mol. The Balaban J connectivity index is 1.75. The van der Waals surface area contributed by atoms with Crippen LogP contribution in [0.15, 0.2) is 90.5 Å². The molecular formula is C30H25N3O6. The molecule has 3 aromatic carbocycles. The molecule has 0 unspecified atom stereocenters. The smallest absolute Gasteiger partial charge is 0.350 e. The van der Waals surface area contributed by atoms with Crippen LogP contribution < -0.4 is 4.90 Å². The highest BCUT2D eigenvalue weighted by molar-refractivity contribution is 6.04. The van der Waals surface area contributed by atoms with E-state index in [-0.39, 0.29) is 31.9 Å². The summed E-state index contributed by atoms with van der Waals surface area (Å²) in [5.41, 5.74) is 1.38. The summed E-state index contributed by atoms with van der Waals surface area (Å²) in [6.07, 6.45) is 0. The Morgan fingerprint density at radius 1 is 0.692 bits per heavy atom. The number of esters is 3. The van der Waals surface area contributed by atoms with Gasteiger partial charge in [0.25, 0.3) is 0 Å². The second kappa shape index (κ2) is 14.4. The largest absolute Gasteiger partial charge is 0.465 e. The maximum absolute atomic E-state index is 12.3. The first-order chi connectivity index (χ1) is 19.0. The minimum Gasteiger partial charge on any atom is -0.465 e. The third-order valence-corrected chi connectivity index (χ3v) is 5.59. The molecule has 0 bridgehead atoms. The molecule has 0 aliphatic carbocycles. The highest BCUT2D eigenvalue weighted by atomic mass is 16.5. The summed E-state index contributed by atoms with van der Waals surface area (Å²) in [5.74, 6) is -1.82. The number of carbonyl (C=O) groups is 3. The van der Waals surface area contributed by atoms with Crippen molar-refractivity contribution in [2.75, 3.05) is 38.3 Å². The van der Waals surface area contributed by atoms with Crippen molar-refractivity contribution in [1.82, 2.24) is 0 Å². The first-order valence-electron chi connectivity index (χ1n) is 11.9. The number of methoxy groups -OCH3 is 1. The second-order valence-electron chi connectivity index (χ2n) is 8.00. The summed E-state index contributed by atoms with van der Waals surface area (Å²) in [6, 6.07) is 27.4. The minimum absolute atomic E-state index is 0.0619. The van der Waals surface area contributed by atoms with Crippen LogP contribution in [0.25, 0.3) is 5.57 Å². The highest BCUT2D eigenvalue weighted by Crippen LogP contribution is 2.23. The van der Waals surface area contributed by atoms with E-state index < -0.39 is 23.5 Å². The van der Waals surface area contributed by atoms with E-state index in [1.54, 1.807) is 91.0 Å². The van der Waals surface area contributed by atoms with Gasteiger partial charge in [-0.2, -0.15) is 10.5 Å². The van der Waals surface area contributed by atoms with Crippen LogP contribution in [0.1, 0.15) is 26.3 Å². The van der Waals surface area contributed by atoms with E-state index >= 15 is 0 Å². The van der Waals surface area contributed by atoms with E-state index in [0.717, 1.165) is 7.11 Å². The van der Waals surface area contributed by atoms with Crippen LogP contribution in [-0.2, 0) is 19.0 Å². The maximum Gasteiger partial charge on any atom is 0.350 e. The standard InChI is InChI=1S/C30H25N3O6/c1-37-30(36)27(21-32)26(20-31)22-12-14-25(15-13-22)33(16-18-38-28(34)23-8-4-2-5-9-23)17-19-39-29(35)24-10-6-3-7-11-24/h2-15H,16-19H2,1H3. The van der Waals surface area contributed by atoms with E-state index in [9.17, 15) is 24.9 Å². The average molecular weight is 524 g/mol. The molecule has 0 N–H and O–H groups in total. The molecule has 0 heterocycles. The zero-order chi connectivity index (χ0) is 28.0. The van der Waals surface area contributed by atoms with Crippen molar-refractivity contribution in [2.45, 2.75) is 0 Å². The van der Waals surface area contributed by atoms with Crippen molar-refractivity contribution in [3.8, 4) is 12.1 Å². The molecule has 0 saturated carbocycles. The van der Waals surface area contributed by atoms with Gasteiger partial charge in [-0.1, -0.05) is 48.5 Å². The predicted molar refractivity (Wildman–Crippen MR) is 142 cm³/mol. The first kappa shape index (κ1) is 28.2. The number of anilines is 1. The molecule has 3 aromatic rings. The van der Waals surface area contributed by atoms with Crippen molar-refractivity contribution in [1.29, 1.82) is 10.5 Å². The Hall–Kier alpha value is -5.41. The summed E-state index contributed by atoms with van der Waals surface area (Å²) in [6.45, 7) is 0.694. The quantitative estimate of drug-likeness (QED) is 0.157. The molecule has 3 rings (SSSR count). The van der Waals surface area contributed by atoms with Crippen molar-refractivity contribution < 1.29 is 28.6 Å². The fraction of sp³-hybridized carbons (Fsp3) is 0.167. The Labute approximate surface area is 226 Å². The van der Waals surface area contributed by atoms with E-state index in [1.165, 1.54) is 0 Å². The number of carbonyl (C=O) groups excluding carboxylic acids is 3. The van der Waals surface area contributed by atoms with Gasteiger partial charge in [-0.05, 0) is 42.0 Å². The first-order valence-corrected chi connectivity index (χ1v) is 11.9. The second-order valence-corrected chi connectivity index (χ2v) is 8.00. The zero-order valence-corrected chi connectivity index (χ0v) is 21.2. The number of ether oxygens (including phenoxy) is 3. The number of nitriles is 2. The average Bonchev–Trinajstić information content (AvgIpc) is 2.99. The summed E-state index contributed by atoms with van der Waals surface area (Å²) >= 11 is 0. The van der Waals surface area contributed by atoms with Gasteiger partial charge in [0.05, 0.1) is 36.9 Å². The molecule has 196 valence electrons. The number of allylic oxidation sites excluding steroid dienone is 1. The van der Waals surface area contributed by atoms with Gasteiger partial charge < -0.3 is 19.1 Å². The van der Waals surface area contributed by atoms with E-state index in [2.05, 4.69) is 4.74 Å². The van der Waals surface area contributed by atoms with E-state index in [4.69, 9.17) is 9.47 Å². The van der Waals surface area contributed by atoms with Gasteiger partial charge >= 0.3 is 17.9 Å². The monoisotopic (exact) mass is 523 g/mol. The normalized spacial score (nSPS) is 10.7. The minimum atomic E-state index is -0.903. The summed E-state index contributed by atoms with van der Waals surface area (Å²) in [4.78, 5) is 38.4. The molecule has 9 nitrogen and oxygen atoms in total. The molecule has 0 amide bonds. The van der Waals surface area contributed by atoms with Crippen LogP contribution in [-0.4, -0.2) is 51.3 Å². The van der Waals surface area contributed by atoms with E-state index in [1.807, 2.05) is 11.0 Å². The van der Waals surface area contributed by atoms with Crippen LogP contribution in [0.5, 0.6) is 0 Å². The lowest BCUT2D eigenvalue weighted by atomic mass is 10.0. The Morgan fingerprint density at radius 2 is 1.18 bits per heavy atom. The topological polar surface area (TPSA) is 130 Å². The molecule has 0 atom stereocenters. The van der Waals surface area contributed by atoms with Gasteiger partial charge in [0.15, 0.2) is 5.57 Å². The summed E-state index contributed by atoms with van der Waals surface area (Å²) in [5, 5.41) is 18.9. The highest BCUT2D eigenvalue weighted by Gasteiger charge is 2.18. The SMILES string of the molecule is COC(=O)C(C#N)=C(C#N)c1ccc(N(CCOC(=O)c2ccccc2)CCOC(=O)c2ccccc2)cc1. The van der Waals surface area contributed by atoms with Gasteiger partial charge in [0.2, 0.25) is 0 Å². The summed E-state index contributed by atoms with van der Waals surface area (Å²) < 4.78 is 15.4. The van der Waals surface area contributed by atoms with Crippen LogP contribution in [0, 0.1) is 22.7 Å². The van der Waals surface area contributed by atoms with Crippen molar-refractivity contribution in [3.63, 3.8) is 0 Å². The van der Waals surface area contributed by atoms with Gasteiger partial charge in [0, 0.05) is 5.69 Å². The number of benzene rings is 3. The Bertz CT molecular complexity index is 1350. The van der Waals surface area contributed by atoms with Gasteiger partial charge in [-0.3, -0.25) is 0 Å². The maximum atomic E-state index is 12.3. The van der Waals surface area contributed by atoms with Crippen molar-refractivity contribution >= 4 is 29.2 Å². The number of hydrogen-bond donors (Lipinski definition) is 0. The van der Waals surface area contributed by atoms with E-state index in [0.29, 0.717) is 22.4 Å². The van der Waals surface area contributed by atoms with Crippen molar-refractivity contribution in [3.05, 3.63) is 107 Å². The Kier molecular flexibility index (Phi) is 10.4. The number of rotatable bonds is 11. The lowest BCUT2D eigenvalue weighted by Gasteiger charge is -2.25.